The number of amides is 2. The zero-order valence-corrected chi connectivity index (χ0v) is 12.6. The predicted octanol–water partition coefficient (Wildman–Crippen LogP) is 2.29. The molecular weight excluding hydrogens is 289 g/mol. The fourth-order valence-corrected chi connectivity index (χ4v) is 2.09. The minimum absolute atomic E-state index is 0.0211. The second-order valence-corrected chi connectivity index (χ2v) is 5.19. The number of nitrogens with zero attached hydrogens (tertiary/aromatic N) is 1. The Morgan fingerprint density at radius 2 is 2.21 bits per heavy atom. The molecule has 3 N–H and O–H groups in total. The fraction of sp³-hybridized carbons (Fsp3) is 0.583. The Morgan fingerprint density at radius 1 is 1.53 bits per heavy atom. The van der Waals surface area contributed by atoms with E-state index in [1.54, 1.807) is 17.7 Å². The number of aliphatic hydroxyl groups is 1. The van der Waals surface area contributed by atoms with Crippen molar-refractivity contribution in [3.8, 4) is 0 Å². The molecule has 0 aliphatic heterocycles. The van der Waals surface area contributed by atoms with E-state index >= 15 is 0 Å². The van der Waals surface area contributed by atoms with E-state index in [1.165, 1.54) is 0 Å². The van der Waals surface area contributed by atoms with Crippen molar-refractivity contribution in [2.45, 2.75) is 32.4 Å². The number of nitrogens with one attached hydrogen (secondary N) is 2. The summed E-state index contributed by atoms with van der Waals surface area (Å²) in [6.07, 6.45) is 1.41. The summed E-state index contributed by atoms with van der Waals surface area (Å²) in [5.74, 6) is 0. The van der Waals surface area contributed by atoms with Crippen LogP contribution in [0.1, 0.15) is 25.5 Å². The van der Waals surface area contributed by atoms with E-state index in [0.717, 1.165) is 12.1 Å². The molecule has 1 aromatic heterocycles. The number of carbonyl (C=O) groups excluding carboxylic acids is 1. The molecule has 108 valence electrons. The standard InChI is InChI=1S/C12H19Cl2N3O2/c1-8(4-3-5-18)16-12(19)15-7-9-6-10(13)11(14)17(9)2/h6,8,18H,3-5,7H2,1-2H3,(H2,15,16,19). The quantitative estimate of drug-likeness (QED) is 0.755. The first kappa shape index (κ1) is 16.1. The molecule has 1 rings (SSSR count). The fourth-order valence-electron chi connectivity index (χ4n) is 1.67. The molecule has 5 nitrogen and oxygen atoms in total. The third-order valence-electron chi connectivity index (χ3n) is 2.82. The van der Waals surface area contributed by atoms with E-state index in [9.17, 15) is 4.79 Å². The predicted molar refractivity (Wildman–Crippen MR) is 76.6 cm³/mol. The van der Waals surface area contributed by atoms with Gasteiger partial charge in [0.15, 0.2) is 0 Å². The van der Waals surface area contributed by atoms with Crippen molar-refractivity contribution < 1.29 is 9.90 Å². The maximum atomic E-state index is 11.6. The molecule has 19 heavy (non-hydrogen) atoms. The summed E-state index contributed by atoms with van der Waals surface area (Å²) in [4.78, 5) is 11.6. The zero-order valence-electron chi connectivity index (χ0n) is 11.0. The number of aromatic nitrogens is 1. The maximum Gasteiger partial charge on any atom is 0.315 e. The highest BCUT2D eigenvalue weighted by atomic mass is 35.5. The van der Waals surface area contributed by atoms with Crippen LogP contribution in [0.25, 0.3) is 0 Å². The van der Waals surface area contributed by atoms with Crippen LogP contribution >= 0.6 is 23.2 Å². The van der Waals surface area contributed by atoms with Crippen LogP contribution in [0.3, 0.4) is 0 Å². The maximum absolute atomic E-state index is 11.6. The second-order valence-electron chi connectivity index (χ2n) is 4.43. The van der Waals surface area contributed by atoms with Crippen LogP contribution in [0.5, 0.6) is 0 Å². The first-order valence-electron chi connectivity index (χ1n) is 6.10. The van der Waals surface area contributed by atoms with E-state index in [1.807, 2.05) is 6.92 Å². The van der Waals surface area contributed by atoms with Gasteiger partial charge in [0.2, 0.25) is 0 Å². The van der Waals surface area contributed by atoms with Crippen molar-refractivity contribution in [3.05, 3.63) is 21.9 Å². The number of aliphatic hydroxyl groups excluding tert-OH is 1. The molecule has 0 fully saturated rings. The number of rotatable bonds is 6. The lowest BCUT2D eigenvalue weighted by molar-refractivity contribution is 0.233. The van der Waals surface area contributed by atoms with Gasteiger partial charge in [0.25, 0.3) is 0 Å². The lowest BCUT2D eigenvalue weighted by Gasteiger charge is -2.14. The summed E-state index contributed by atoms with van der Waals surface area (Å²) < 4.78 is 1.72. The van der Waals surface area contributed by atoms with Crippen LogP contribution in [-0.2, 0) is 13.6 Å². The van der Waals surface area contributed by atoms with Gasteiger partial charge in [-0.25, -0.2) is 4.79 Å². The normalized spacial score (nSPS) is 12.3. The van der Waals surface area contributed by atoms with Gasteiger partial charge in [0.05, 0.1) is 11.6 Å². The molecule has 7 heteroatoms. The van der Waals surface area contributed by atoms with E-state index in [2.05, 4.69) is 10.6 Å². The van der Waals surface area contributed by atoms with Gasteiger partial charge >= 0.3 is 6.03 Å². The Morgan fingerprint density at radius 3 is 2.74 bits per heavy atom. The van der Waals surface area contributed by atoms with Gasteiger partial charge in [0.1, 0.15) is 5.15 Å². The lowest BCUT2D eigenvalue weighted by atomic mass is 10.2. The van der Waals surface area contributed by atoms with Crippen LogP contribution < -0.4 is 10.6 Å². The average molecular weight is 308 g/mol. The first-order chi connectivity index (χ1) is 8.95. The Hall–Kier alpha value is -0.910. The lowest BCUT2D eigenvalue weighted by Crippen LogP contribution is -2.40. The molecule has 0 bridgehead atoms. The molecule has 0 aromatic carbocycles. The molecule has 0 radical (unpaired) electrons. The van der Waals surface area contributed by atoms with Crippen molar-refractivity contribution in [2.24, 2.45) is 7.05 Å². The molecule has 2 amide bonds. The summed E-state index contributed by atoms with van der Waals surface area (Å²) in [6.45, 7) is 2.38. The van der Waals surface area contributed by atoms with Crippen LogP contribution in [0.2, 0.25) is 10.2 Å². The van der Waals surface area contributed by atoms with Gasteiger partial charge in [-0.1, -0.05) is 23.2 Å². The molecule has 0 spiro atoms. The van der Waals surface area contributed by atoms with E-state index < -0.39 is 0 Å². The number of hydrogen-bond donors (Lipinski definition) is 3. The summed E-state index contributed by atoms with van der Waals surface area (Å²) in [7, 11) is 1.78. The number of hydrogen-bond acceptors (Lipinski definition) is 2. The highest BCUT2D eigenvalue weighted by Gasteiger charge is 2.11. The largest absolute Gasteiger partial charge is 0.396 e. The summed E-state index contributed by atoms with van der Waals surface area (Å²) in [5.41, 5.74) is 0.827. The Bertz CT molecular complexity index is 435. The molecule has 1 heterocycles. The highest BCUT2D eigenvalue weighted by Crippen LogP contribution is 2.24. The van der Waals surface area contributed by atoms with Crippen LogP contribution in [-0.4, -0.2) is 28.4 Å². The zero-order chi connectivity index (χ0) is 14.4. The molecule has 0 aliphatic rings. The van der Waals surface area contributed by atoms with E-state index in [4.69, 9.17) is 28.3 Å². The van der Waals surface area contributed by atoms with Crippen molar-refractivity contribution in [1.29, 1.82) is 0 Å². The number of carbonyl (C=O) groups is 1. The first-order valence-corrected chi connectivity index (χ1v) is 6.86. The Labute approximate surface area is 122 Å². The molecule has 0 aliphatic carbocycles. The minimum atomic E-state index is -0.251. The van der Waals surface area contributed by atoms with Gasteiger partial charge in [-0.15, -0.1) is 0 Å². The van der Waals surface area contributed by atoms with Crippen molar-refractivity contribution >= 4 is 29.2 Å². The summed E-state index contributed by atoms with van der Waals surface area (Å²) >= 11 is 11.8. The van der Waals surface area contributed by atoms with Gasteiger partial charge in [-0.05, 0) is 25.8 Å². The van der Waals surface area contributed by atoms with E-state index in [-0.39, 0.29) is 18.7 Å². The molecule has 1 unspecified atom stereocenters. The molecule has 1 aromatic rings. The monoisotopic (exact) mass is 307 g/mol. The van der Waals surface area contributed by atoms with Gasteiger partial charge < -0.3 is 20.3 Å². The third-order valence-corrected chi connectivity index (χ3v) is 3.66. The van der Waals surface area contributed by atoms with Crippen molar-refractivity contribution in [3.63, 3.8) is 0 Å². The third kappa shape index (κ3) is 4.93. The van der Waals surface area contributed by atoms with Crippen molar-refractivity contribution in [2.75, 3.05) is 6.61 Å². The molecule has 0 saturated carbocycles. The SMILES string of the molecule is CC(CCCO)NC(=O)NCc1cc(Cl)c(Cl)n1C. The Kier molecular flexibility index (Phi) is 6.48. The average Bonchev–Trinajstić information content (AvgIpc) is 2.61. The number of halogens is 2. The number of urea groups is 1. The van der Waals surface area contributed by atoms with E-state index in [0.29, 0.717) is 23.1 Å². The van der Waals surface area contributed by atoms with Crippen LogP contribution in [0.15, 0.2) is 6.07 Å². The van der Waals surface area contributed by atoms with Crippen LogP contribution in [0.4, 0.5) is 4.79 Å². The van der Waals surface area contributed by atoms with Crippen LogP contribution in [0, 0.1) is 0 Å². The van der Waals surface area contributed by atoms with Gasteiger partial charge in [-0.2, -0.15) is 0 Å². The van der Waals surface area contributed by atoms with Gasteiger partial charge in [-0.3, -0.25) is 0 Å². The molecule has 0 saturated heterocycles. The Balaban J connectivity index is 2.39. The topological polar surface area (TPSA) is 66.3 Å². The summed E-state index contributed by atoms with van der Waals surface area (Å²) in [6, 6.07) is 1.49. The summed E-state index contributed by atoms with van der Waals surface area (Å²) in [5, 5.41) is 15.2. The minimum Gasteiger partial charge on any atom is -0.396 e. The molecular formula is C12H19Cl2N3O2. The highest BCUT2D eigenvalue weighted by molar-refractivity contribution is 6.41. The molecule has 1 atom stereocenters. The van der Waals surface area contributed by atoms with Crippen molar-refractivity contribution in [1.82, 2.24) is 15.2 Å². The second kappa shape index (κ2) is 7.62. The smallest absolute Gasteiger partial charge is 0.315 e. The van der Waals surface area contributed by atoms with Gasteiger partial charge in [0, 0.05) is 25.4 Å².